The van der Waals surface area contributed by atoms with Crippen molar-refractivity contribution < 1.29 is 14.5 Å². The zero-order valence-corrected chi connectivity index (χ0v) is 8.49. The molecule has 0 aromatic rings. The van der Waals surface area contributed by atoms with Gasteiger partial charge in [-0.1, -0.05) is 6.58 Å². The van der Waals surface area contributed by atoms with E-state index in [9.17, 15) is 14.9 Å². The Morgan fingerprint density at radius 3 is 2.64 bits per heavy atom. The van der Waals surface area contributed by atoms with Gasteiger partial charge in [0.1, 0.15) is 0 Å². The quantitative estimate of drug-likeness (QED) is 0.215. The standard InChI is InChI=1S/C9H15NO4/c1-4-8(11)14-7-5-6-9(2,3)10(12)13/h4H,1,5-7H2,2-3H3. The molecule has 5 nitrogen and oxygen atoms in total. The molecule has 14 heavy (non-hydrogen) atoms. The minimum atomic E-state index is -0.958. The molecular formula is C9H15NO4. The molecular weight excluding hydrogens is 186 g/mol. The van der Waals surface area contributed by atoms with Crippen LogP contribution in [0.25, 0.3) is 0 Å². The Morgan fingerprint density at radius 2 is 2.21 bits per heavy atom. The number of ether oxygens (including phenoxy) is 1. The van der Waals surface area contributed by atoms with Gasteiger partial charge in [-0.3, -0.25) is 10.1 Å². The van der Waals surface area contributed by atoms with Crippen molar-refractivity contribution in [3.05, 3.63) is 22.8 Å². The zero-order valence-electron chi connectivity index (χ0n) is 8.49. The number of esters is 1. The van der Waals surface area contributed by atoms with E-state index in [1.807, 2.05) is 0 Å². The Hall–Kier alpha value is -1.39. The second kappa shape index (κ2) is 5.36. The van der Waals surface area contributed by atoms with E-state index in [4.69, 9.17) is 0 Å². The van der Waals surface area contributed by atoms with Gasteiger partial charge in [-0.15, -0.1) is 0 Å². The first-order valence-electron chi connectivity index (χ1n) is 4.34. The lowest BCUT2D eigenvalue weighted by atomic mass is 10.00. The van der Waals surface area contributed by atoms with E-state index in [2.05, 4.69) is 11.3 Å². The molecule has 80 valence electrons. The van der Waals surface area contributed by atoms with Gasteiger partial charge in [-0.25, -0.2) is 4.79 Å². The first-order valence-corrected chi connectivity index (χ1v) is 4.34. The van der Waals surface area contributed by atoms with Crippen LogP contribution < -0.4 is 0 Å². The molecule has 0 fully saturated rings. The van der Waals surface area contributed by atoms with Crippen LogP contribution in [0.4, 0.5) is 0 Å². The second-order valence-corrected chi connectivity index (χ2v) is 3.54. The summed E-state index contributed by atoms with van der Waals surface area (Å²) >= 11 is 0. The second-order valence-electron chi connectivity index (χ2n) is 3.54. The van der Waals surface area contributed by atoms with E-state index in [1.54, 1.807) is 13.8 Å². The summed E-state index contributed by atoms with van der Waals surface area (Å²) in [5.74, 6) is -0.496. The normalized spacial score (nSPS) is 10.7. The summed E-state index contributed by atoms with van der Waals surface area (Å²) in [6.07, 6.45) is 1.93. The number of carbonyl (C=O) groups excluding carboxylic acids is 1. The van der Waals surface area contributed by atoms with Crippen LogP contribution in [0, 0.1) is 10.1 Å². The number of carbonyl (C=O) groups is 1. The highest BCUT2D eigenvalue weighted by Crippen LogP contribution is 2.15. The number of nitrogens with zero attached hydrogens (tertiary/aromatic N) is 1. The van der Waals surface area contributed by atoms with Crippen LogP contribution in [0.5, 0.6) is 0 Å². The largest absolute Gasteiger partial charge is 0.463 e. The highest BCUT2D eigenvalue weighted by Gasteiger charge is 2.29. The molecule has 0 bridgehead atoms. The number of nitro groups is 1. The van der Waals surface area contributed by atoms with Gasteiger partial charge >= 0.3 is 5.97 Å². The smallest absolute Gasteiger partial charge is 0.330 e. The van der Waals surface area contributed by atoms with Crippen LogP contribution in [-0.2, 0) is 9.53 Å². The predicted molar refractivity (Wildman–Crippen MR) is 51.5 cm³/mol. The third-order valence-electron chi connectivity index (χ3n) is 1.84. The summed E-state index contributed by atoms with van der Waals surface area (Å²) in [7, 11) is 0. The minimum absolute atomic E-state index is 0.197. The summed E-state index contributed by atoms with van der Waals surface area (Å²) in [6.45, 7) is 6.52. The first kappa shape index (κ1) is 12.6. The third kappa shape index (κ3) is 4.59. The maximum Gasteiger partial charge on any atom is 0.330 e. The van der Waals surface area contributed by atoms with Gasteiger partial charge in [-0.2, -0.15) is 0 Å². The maximum atomic E-state index is 10.6. The van der Waals surface area contributed by atoms with Crippen molar-refractivity contribution in [2.24, 2.45) is 0 Å². The zero-order chi connectivity index (χ0) is 11.2. The number of rotatable bonds is 6. The van der Waals surface area contributed by atoms with Gasteiger partial charge in [0.25, 0.3) is 0 Å². The summed E-state index contributed by atoms with van der Waals surface area (Å²) < 4.78 is 4.69. The molecule has 0 aliphatic heterocycles. The van der Waals surface area contributed by atoms with Crippen molar-refractivity contribution in [2.75, 3.05) is 6.61 Å². The Bertz CT molecular complexity index is 235. The Labute approximate surface area is 82.9 Å². The molecule has 0 aliphatic rings. The van der Waals surface area contributed by atoms with E-state index in [0.29, 0.717) is 12.8 Å². The van der Waals surface area contributed by atoms with Crippen molar-refractivity contribution in [1.29, 1.82) is 0 Å². The maximum absolute atomic E-state index is 10.6. The predicted octanol–water partition coefficient (Wildman–Crippen LogP) is 1.55. The average molecular weight is 201 g/mol. The van der Waals surface area contributed by atoms with Gasteiger partial charge in [0, 0.05) is 31.3 Å². The number of hydrogen-bond acceptors (Lipinski definition) is 4. The lowest BCUT2D eigenvalue weighted by molar-refractivity contribution is -0.561. The van der Waals surface area contributed by atoms with Crippen molar-refractivity contribution in [3.8, 4) is 0 Å². The molecule has 0 spiro atoms. The molecule has 0 saturated carbocycles. The Kier molecular flexibility index (Phi) is 4.83. The molecule has 0 aliphatic carbocycles. The van der Waals surface area contributed by atoms with Crippen LogP contribution in [0.15, 0.2) is 12.7 Å². The fourth-order valence-electron chi connectivity index (χ4n) is 0.828. The molecule has 0 heterocycles. The van der Waals surface area contributed by atoms with Gasteiger partial charge in [0.15, 0.2) is 0 Å². The highest BCUT2D eigenvalue weighted by molar-refractivity contribution is 5.81. The van der Waals surface area contributed by atoms with Crippen LogP contribution in [0.1, 0.15) is 26.7 Å². The molecule has 0 unspecified atom stereocenters. The molecule has 0 N–H and O–H groups in total. The van der Waals surface area contributed by atoms with E-state index in [1.165, 1.54) is 0 Å². The topological polar surface area (TPSA) is 69.4 Å². The van der Waals surface area contributed by atoms with Gasteiger partial charge in [0.05, 0.1) is 6.61 Å². The molecule has 0 atom stereocenters. The van der Waals surface area contributed by atoms with Crippen molar-refractivity contribution in [3.63, 3.8) is 0 Å². The third-order valence-corrected chi connectivity index (χ3v) is 1.84. The van der Waals surface area contributed by atoms with E-state index < -0.39 is 11.5 Å². The van der Waals surface area contributed by atoms with Crippen LogP contribution in [-0.4, -0.2) is 23.0 Å². The number of hydrogen-bond donors (Lipinski definition) is 0. The SMILES string of the molecule is C=CC(=O)OCCCC(C)(C)[N+](=O)[O-]. The van der Waals surface area contributed by atoms with Gasteiger partial charge < -0.3 is 4.74 Å². The fourth-order valence-corrected chi connectivity index (χ4v) is 0.828. The summed E-state index contributed by atoms with van der Waals surface area (Å²) in [6, 6.07) is 0. The molecule has 0 radical (unpaired) electrons. The van der Waals surface area contributed by atoms with Crippen LogP contribution in [0.3, 0.4) is 0 Å². The van der Waals surface area contributed by atoms with Crippen molar-refractivity contribution in [2.45, 2.75) is 32.2 Å². The van der Waals surface area contributed by atoms with Crippen LogP contribution in [0.2, 0.25) is 0 Å². The summed E-state index contributed by atoms with van der Waals surface area (Å²) in [4.78, 5) is 20.8. The van der Waals surface area contributed by atoms with Gasteiger partial charge in [-0.05, 0) is 6.42 Å². The van der Waals surface area contributed by atoms with E-state index in [0.717, 1.165) is 6.08 Å². The Balaban J connectivity index is 3.69. The van der Waals surface area contributed by atoms with Crippen molar-refractivity contribution >= 4 is 5.97 Å². The van der Waals surface area contributed by atoms with Crippen LogP contribution >= 0.6 is 0 Å². The molecule has 0 aromatic carbocycles. The van der Waals surface area contributed by atoms with Crippen molar-refractivity contribution in [1.82, 2.24) is 0 Å². The molecule has 0 rings (SSSR count). The minimum Gasteiger partial charge on any atom is -0.463 e. The first-order chi connectivity index (χ1) is 6.40. The monoisotopic (exact) mass is 201 g/mol. The highest BCUT2D eigenvalue weighted by atomic mass is 16.6. The lowest BCUT2D eigenvalue weighted by Crippen LogP contribution is -2.31. The summed E-state index contributed by atoms with van der Waals surface area (Å²) in [5.41, 5.74) is -0.958. The summed E-state index contributed by atoms with van der Waals surface area (Å²) in [5, 5.41) is 10.5. The Morgan fingerprint density at radius 1 is 1.64 bits per heavy atom. The van der Waals surface area contributed by atoms with E-state index in [-0.39, 0.29) is 11.5 Å². The van der Waals surface area contributed by atoms with Gasteiger partial charge in [0.2, 0.25) is 5.54 Å². The van der Waals surface area contributed by atoms with E-state index >= 15 is 0 Å². The lowest BCUT2D eigenvalue weighted by Gasteiger charge is -2.14. The fraction of sp³-hybridized carbons (Fsp3) is 0.667. The molecule has 5 heteroatoms. The average Bonchev–Trinajstić information content (AvgIpc) is 2.11. The molecule has 0 aromatic heterocycles. The molecule has 0 amide bonds. The molecule has 0 saturated heterocycles.